The zero-order valence-corrected chi connectivity index (χ0v) is 32.2. The molecule has 0 radical (unpaired) electrons. The number of ether oxygens (including phenoxy) is 5. The van der Waals surface area contributed by atoms with Crippen LogP contribution in [0, 0.1) is 5.41 Å². The van der Waals surface area contributed by atoms with Gasteiger partial charge in [-0.25, -0.2) is 4.79 Å². The molecule has 1 fully saturated rings. The number of hydrogen-bond donors (Lipinski definition) is 1. The number of esters is 1. The lowest BCUT2D eigenvalue weighted by molar-refractivity contribution is -0.299. The fourth-order valence-electron chi connectivity index (χ4n) is 5.73. The van der Waals surface area contributed by atoms with Crippen LogP contribution in [0.5, 0.6) is 0 Å². The number of carbonyl (C=O) groups excluding carboxylic acids is 1. The van der Waals surface area contributed by atoms with E-state index < -0.39 is 54.7 Å². The minimum Gasteiger partial charge on any atom is -0.449 e. The van der Waals surface area contributed by atoms with Gasteiger partial charge < -0.3 is 28.1 Å². The highest BCUT2D eigenvalue weighted by Crippen LogP contribution is 2.35. The second-order valence-electron chi connectivity index (χ2n) is 12.9. The van der Waals surface area contributed by atoms with E-state index in [4.69, 9.17) is 68.3 Å². The molecule has 8 nitrogen and oxygen atoms in total. The number of rotatable bonds is 15. The van der Waals surface area contributed by atoms with Crippen molar-refractivity contribution in [1.29, 1.82) is 5.41 Å². The second kappa shape index (κ2) is 18.5. The molecule has 52 heavy (non-hydrogen) atoms. The van der Waals surface area contributed by atoms with Gasteiger partial charge in [-0.05, 0) is 53.5 Å². The van der Waals surface area contributed by atoms with Crippen molar-refractivity contribution in [1.82, 2.24) is 0 Å². The molecule has 0 aliphatic carbocycles. The Labute approximate surface area is 321 Å². The monoisotopic (exact) mass is 781 g/mol. The Balaban J connectivity index is 1.50. The number of nitrogens with one attached hydrogen (secondary N) is 1. The molecular weight excluding hydrogens is 741 g/mol. The highest BCUT2D eigenvalue weighted by molar-refractivity contribution is 6.76. The van der Waals surface area contributed by atoms with Gasteiger partial charge in [0.25, 0.3) is 3.79 Å². The quantitative estimate of drug-likeness (QED) is 0.0423. The van der Waals surface area contributed by atoms with Crippen LogP contribution < -0.4 is 0 Å². The predicted molar refractivity (Wildman–Crippen MR) is 207 cm³/mol. The molecular formula is C40H42Cl3NO7Si. The SMILES string of the molecule is C=Cc1ccc(C[Si](C)(C)OC[C@H]2O[C@@H](OC(=N)C(Cl)(Cl)Cl)[C@H](OC(=O)c3ccccc3)[C@@H](OCc3ccccc3)[C@@H]2OCc2ccccc2)cc1. The van der Waals surface area contributed by atoms with Gasteiger partial charge in [0.1, 0.15) is 18.3 Å². The topological polar surface area (TPSA) is 96.3 Å². The molecule has 4 aromatic rings. The van der Waals surface area contributed by atoms with E-state index in [0.29, 0.717) is 5.56 Å². The summed E-state index contributed by atoms with van der Waals surface area (Å²) in [5.74, 6) is -1.38. The van der Waals surface area contributed by atoms with Gasteiger partial charge in [0.15, 0.2) is 14.4 Å². The maximum absolute atomic E-state index is 13.6. The Hall–Kier alpha value is -3.51. The summed E-state index contributed by atoms with van der Waals surface area (Å²) >= 11 is 18.2. The van der Waals surface area contributed by atoms with Crippen molar-refractivity contribution >= 4 is 61.1 Å². The van der Waals surface area contributed by atoms with Gasteiger partial charge in [0.05, 0.1) is 25.4 Å². The lowest BCUT2D eigenvalue weighted by atomic mass is 9.97. The number of benzene rings is 4. The van der Waals surface area contributed by atoms with Crippen molar-refractivity contribution < 1.29 is 32.9 Å². The molecule has 1 aliphatic heterocycles. The van der Waals surface area contributed by atoms with Crippen LogP contribution in [-0.4, -0.2) is 61.3 Å². The van der Waals surface area contributed by atoms with Gasteiger partial charge in [-0.1, -0.05) is 151 Å². The van der Waals surface area contributed by atoms with Crippen LogP contribution in [0.25, 0.3) is 6.08 Å². The van der Waals surface area contributed by atoms with E-state index in [2.05, 4.69) is 31.8 Å². The van der Waals surface area contributed by atoms with E-state index >= 15 is 0 Å². The Kier molecular flexibility index (Phi) is 14.1. The minimum absolute atomic E-state index is 0.0783. The first-order chi connectivity index (χ1) is 24.9. The molecule has 12 heteroatoms. The van der Waals surface area contributed by atoms with Gasteiger partial charge in [-0.15, -0.1) is 0 Å². The summed E-state index contributed by atoms with van der Waals surface area (Å²) in [5.41, 5.74) is 4.25. The molecule has 0 amide bonds. The Morgan fingerprint density at radius 2 is 1.31 bits per heavy atom. The van der Waals surface area contributed by atoms with Crippen LogP contribution >= 0.6 is 34.8 Å². The third-order valence-corrected chi connectivity index (χ3v) is 11.1. The van der Waals surface area contributed by atoms with E-state index in [-0.39, 0.29) is 19.8 Å². The van der Waals surface area contributed by atoms with Crippen molar-refractivity contribution in [3.63, 3.8) is 0 Å². The van der Waals surface area contributed by atoms with Gasteiger partial charge in [-0.3, -0.25) is 5.41 Å². The third-order valence-electron chi connectivity index (χ3n) is 8.39. The number of alkyl halides is 3. The molecule has 0 saturated carbocycles. The molecule has 274 valence electrons. The molecule has 1 heterocycles. The summed E-state index contributed by atoms with van der Waals surface area (Å²) in [6, 6.07) is 36.7. The average Bonchev–Trinajstić information content (AvgIpc) is 3.14. The molecule has 5 rings (SSSR count). The number of halogens is 3. The minimum atomic E-state index is -2.37. The summed E-state index contributed by atoms with van der Waals surface area (Å²) in [5, 5.41) is 8.44. The number of carbonyl (C=O) groups is 1. The van der Waals surface area contributed by atoms with Crippen molar-refractivity contribution in [2.45, 2.75) is 66.9 Å². The summed E-state index contributed by atoms with van der Waals surface area (Å²) in [6.07, 6.45) is -3.54. The van der Waals surface area contributed by atoms with Gasteiger partial charge in [0, 0.05) is 0 Å². The van der Waals surface area contributed by atoms with Crippen molar-refractivity contribution in [3.05, 3.63) is 150 Å². The van der Waals surface area contributed by atoms with E-state index in [0.717, 1.165) is 28.3 Å². The van der Waals surface area contributed by atoms with Crippen LogP contribution in [0.15, 0.2) is 122 Å². The first-order valence-corrected chi connectivity index (χ1v) is 21.1. The average molecular weight is 783 g/mol. The highest BCUT2D eigenvalue weighted by atomic mass is 35.6. The van der Waals surface area contributed by atoms with Crippen molar-refractivity contribution in [3.8, 4) is 0 Å². The van der Waals surface area contributed by atoms with E-state index in [9.17, 15) is 4.79 Å². The summed E-state index contributed by atoms with van der Waals surface area (Å²) in [6.45, 7) is 8.50. The van der Waals surface area contributed by atoms with E-state index in [1.165, 1.54) is 0 Å². The molecule has 1 saturated heterocycles. The molecule has 5 atom stereocenters. The van der Waals surface area contributed by atoms with Crippen molar-refractivity contribution in [2.75, 3.05) is 6.61 Å². The van der Waals surface area contributed by atoms with Crippen molar-refractivity contribution in [2.24, 2.45) is 0 Å². The second-order valence-corrected chi connectivity index (χ2v) is 19.4. The molecule has 1 aliphatic rings. The normalized spacial score (nSPS) is 20.5. The lowest BCUT2D eigenvalue weighted by Crippen LogP contribution is -2.63. The Morgan fingerprint density at radius 1 is 0.769 bits per heavy atom. The standard InChI is InChI=1S/C40H42Cl3NO7Si/c1-4-28-20-22-31(23-21-28)27-52(2,3)48-26-33-34(46-24-29-14-8-5-9-15-29)35(47-25-30-16-10-6-11-17-30)36(38(49-33)51-39(44)40(41,42)43)50-37(45)32-18-12-7-13-19-32/h4-23,33-36,38,44H,1,24-27H2,2-3H3/t33-,34-,35+,36-,38+/m1/s1. The van der Waals surface area contributed by atoms with Gasteiger partial charge in [0.2, 0.25) is 12.2 Å². The largest absolute Gasteiger partial charge is 0.449 e. The van der Waals surface area contributed by atoms with Crippen LogP contribution in [-0.2, 0) is 47.4 Å². The molecule has 0 bridgehead atoms. The highest BCUT2D eigenvalue weighted by Gasteiger charge is 2.52. The fraction of sp³-hybridized carbons (Fsp3) is 0.300. The van der Waals surface area contributed by atoms with Crippen LogP contribution in [0.2, 0.25) is 13.1 Å². The summed E-state index contributed by atoms with van der Waals surface area (Å²) in [4.78, 5) is 13.6. The Morgan fingerprint density at radius 3 is 1.85 bits per heavy atom. The maximum Gasteiger partial charge on any atom is 0.338 e. The first kappa shape index (κ1) is 39.7. The van der Waals surface area contributed by atoms with Gasteiger partial charge in [-0.2, -0.15) is 0 Å². The molecule has 4 aromatic carbocycles. The zero-order valence-electron chi connectivity index (χ0n) is 29.0. The molecule has 0 unspecified atom stereocenters. The molecule has 0 spiro atoms. The van der Waals surface area contributed by atoms with E-state index in [1.54, 1.807) is 36.4 Å². The smallest absolute Gasteiger partial charge is 0.338 e. The van der Waals surface area contributed by atoms with Crippen LogP contribution in [0.1, 0.15) is 32.6 Å². The summed E-state index contributed by atoms with van der Waals surface area (Å²) < 4.78 is 36.2. The first-order valence-electron chi connectivity index (χ1n) is 16.8. The molecule has 0 aromatic heterocycles. The van der Waals surface area contributed by atoms with E-state index in [1.807, 2.05) is 72.8 Å². The Bertz CT molecular complexity index is 1740. The lowest BCUT2D eigenvalue weighted by Gasteiger charge is -2.46. The number of hydrogen-bond acceptors (Lipinski definition) is 8. The summed E-state index contributed by atoms with van der Waals surface area (Å²) in [7, 11) is -2.37. The fourth-order valence-corrected chi connectivity index (χ4v) is 7.80. The van der Waals surface area contributed by atoms with Crippen LogP contribution in [0.3, 0.4) is 0 Å². The zero-order chi connectivity index (χ0) is 37.1. The predicted octanol–water partition coefficient (Wildman–Crippen LogP) is 9.12. The van der Waals surface area contributed by atoms with Crippen LogP contribution in [0.4, 0.5) is 0 Å². The third kappa shape index (κ3) is 11.5. The molecule has 1 N–H and O–H groups in total. The van der Waals surface area contributed by atoms with Gasteiger partial charge >= 0.3 is 5.97 Å². The maximum atomic E-state index is 13.6.